The summed E-state index contributed by atoms with van der Waals surface area (Å²) in [6.07, 6.45) is 1.78. The number of amides is 1. The summed E-state index contributed by atoms with van der Waals surface area (Å²) >= 11 is 3.38. The predicted molar refractivity (Wildman–Crippen MR) is 106 cm³/mol. The lowest BCUT2D eigenvalue weighted by Gasteiger charge is -2.21. The van der Waals surface area contributed by atoms with Gasteiger partial charge in [-0.05, 0) is 30.7 Å². The first-order valence-electron chi connectivity index (χ1n) is 8.55. The van der Waals surface area contributed by atoms with Crippen LogP contribution < -0.4 is 5.56 Å². The molecule has 6 heteroatoms. The maximum Gasteiger partial charge on any atom is 0.261 e. The molecule has 0 aliphatic heterocycles. The molecule has 0 unspecified atom stereocenters. The minimum Gasteiger partial charge on any atom is -0.339 e. The normalized spacial score (nSPS) is 10.8. The van der Waals surface area contributed by atoms with Crippen molar-refractivity contribution < 1.29 is 4.79 Å². The molecule has 0 aliphatic rings. The van der Waals surface area contributed by atoms with Gasteiger partial charge >= 0.3 is 0 Å². The van der Waals surface area contributed by atoms with Gasteiger partial charge in [0.05, 0.1) is 17.2 Å². The Balaban J connectivity index is 1.71. The number of carbonyl (C=O) groups excluding carboxylic acids is 1. The van der Waals surface area contributed by atoms with Gasteiger partial charge in [-0.3, -0.25) is 14.2 Å². The van der Waals surface area contributed by atoms with Crippen LogP contribution in [0.4, 0.5) is 0 Å². The first-order chi connectivity index (χ1) is 12.6. The highest BCUT2D eigenvalue weighted by Crippen LogP contribution is 2.15. The molecule has 0 N–H and O–H groups in total. The molecule has 0 radical (unpaired) electrons. The molecule has 0 saturated heterocycles. The van der Waals surface area contributed by atoms with Gasteiger partial charge in [0.15, 0.2) is 0 Å². The SMILES string of the molecule is CCN(Cc1ccccc1)C(=O)CCn1cnc2ccc(Br)cc2c1=O. The van der Waals surface area contributed by atoms with Gasteiger partial charge in [-0.25, -0.2) is 4.98 Å². The van der Waals surface area contributed by atoms with E-state index in [9.17, 15) is 9.59 Å². The lowest BCUT2D eigenvalue weighted by Crippen LogP contribution is -2.32. The number of aryl methyl sites for hydroxylation is 1. The largest absolute Gasteiger partial charge is 0.339 e. The van der Waals surface area contributed by atoms with Crippen molar-refractivity contribution in [2.24, 2.45) is 0 Å². The minimum absolute atomic E-state index is 0.0255. The molecular formula is C20H20BrN3O2. The standard InChI is InChI=1S/C20H20BrN3O2/c1-2-23(13-15-6-4-3-5-7-15)19(25)10-11-24-14-22-18-9-8-16(21)12-17(18)20(24)26/h3-9,12,14H,2,10-11,13H2,1H3. The van der Waals surface area contributed by atoms with Crippen molar-refractivity contribution in [2.45, 2.75) is 26.4 Å². The van der Waals surface area contributed by atoms with Crippen LogP contribution in [0, 0.1) is 0 Å². The summed E-state index contributed by atoms with van der Waals surface area (Å²) in [7, 11) is 0. The zero-order valence-electron chi connectivity index (χ0n) is 14.6. The first kappa shape index (κ1) is 18.3. The van der Waals surface area contributed by atoms with Crippen molar-refractivity contribution in [2.75, 3.05) is 6.54 Å². The fourth-order valence-corrected chi connectivity index (χ4v) is 3.21. The summed E-state index contributed by atoms with van der Waals surface area (Å²) < 4.78 is 2.33. The molecule has 0 bridgehead atoms. The Labute approximate surface area is 160 Å². The van der Waals surface area contributed by atoms with E-state index < -0.39 is 0 Å². The molecule has 0 atom stereocenters. The Hall–Kier alpha value is -2.47. The van der Waals surface area contributed by atoms with Crippen molar-refractivity contribution in [1.29, 1.82) is 0 Å². The van der Waals surface area contributed by atoms with Crippen LogP contribution in [0.3, 0.4) is 0 Å². The van der Waals surface area contributed by atoms with E-state index >= 15 is 0 Å². The zero-order chi connectivity index (χ0) is 18.5. The van der Waals surface area contributed by atoms with E-state index in [0.29, 0.717) is 30.5 Å². The summed E-state index contributed by atoms with van der Waals surface area (Å²) in [5, 5.41) is 0.547. The average Bonchev–Trinajstić information content (AvgIpc) is 2.66. The van der Waals surface area contributed by atoms with E-state index in [1.54, 1.807) is 17.0 Å². The number of rotatable bonds is 6. The van der Waals surface area contributed by atoms with Gasteiger partial charge in [0.2, 0.25) is 5.91 Å². The number of benzene rings is 2. The number of hydrogen-bond acceptors (Lipinski definition) is 3. The third-order valence-electron chi connectivity index (χ3n) is 4.30. The van der Waals surface area contributed by atoms with Crippen molar-refractivity contribution in [3.8, 4) is 0 Å². The molecule has 1 amide bonds. The van der Waals surface area contributed by atoms with E-state index in [1.807, 2.05) is 43.3 Å². The second-order valence-electron chi connectivity index (χ2n) is 6.05. The molecule has 1 aromatic heterocycles. The zero-order valence-corrected chi connectivity index (χ0v) is 16.1. The van der Waals surface area contributed by atoms with Gasteiger partial charge in [0, 0.05) is 30.5 Å². The Kier molecular flexibility index (Phi) is 5.83. The lowest BCUT2D eigenvalue weighted by atomic mass is 10.2. The quantitative estimate of drug-likeness (QED) is 0.620. The molecule has 0 saturated carbocycles. The highest BCUT2D eigenvalue weighted by molar-refractivity contribution is 9.10. The van der Waals surface area contributed by atoms with Crippen LogP contribution in [0.25, 0.3) is 10.9 Å². The average molecular weight is 414 g/mol. The van der Waals surface area contributed by atoms with Gasteiger partial charge < -0.3 is 4.90 Å². The number of fused-ring (bicyclic) bond motifs is 1. The molecule has 0 aliphatic carbocycles. The van der Waals surface area contributed by atoms with Gasteiger partial charge in [-0.15, -0.1) is 0 Å². The van der Waals surface area contributed by atoms with Crippen LogP contribution in [-0.4, -0.2) is 26.9 Å². The maximum atomic E-state index is 12.6. The molecule has 134 valence electrons. The molecule has 26 heavy (non-hydrogen) atoms. The van der Waals surface area contributed by atoms with E-state index in [1.165, 1.54) is 10.9 Å². The Bertz CT molecular complexity index is 970. The Morgan fingerprint density at radius 3 is 2.69 bits per heavy atom. The first-order valence-corrected chi connectivity index (χ1v) is 9.34. The van der Waals surface area contributed by atoms with E-state index in [0.717, 1.165) is 10.0 Å². The number of hydrogen-bond donors (Lipinski definition) is 0. The summed E-state index contributed by atoms with van der Waals surface area (Å²) in [5.74, 6) is 0.0255. The van der Waals surface area contributed by atoms with E-state index in [4.69, 9.17) is 0 Å². The summed E-state index contributed by atoms with van der Waals surface area (Å²) in [5.41, 5.74) is 1.62. The number of aromatic nitrogens is 2. The van der Waals surface area contributed by atoms with Crippen LogP contribution in [-0.2, 0) is 17.9 Å². The molecule has 5 nitrogen and oxygen atoms in total. The van der Waals surface area contributed by atoms with Gasteiger partial charge in [0.1, 0.15) is 0 Å². The molecule has 0 spiro atoms. The number of halogens is 1. The Morgan fingerprint density at radius 2 is 1.96 bits per heavy atom. The molecular weight excluding hydrogens is 394 g/mol. The number of carbonyl (C=O) groups is 1. The van der Waals surface area contributed by atoms with Crippen LogP contribution in [0.2, 0.25) is 0 Å². The minimum atomic E-state index is -0.129. The van der Waals surface area contributed by atoms with Crippen LogP contribution in [0.1, 0.15) is 18.9 Å². The third-order valence-corrected chi connectivity index (χ3v) is 4.80. The summed E-state index contributed by atoms with van der Waals surface area (Å²) in [6.45, 7) is 3.49. The van der Waals surface area contributed by atoms with Gasteiger partial charge in [-0.1, -0.05) is 46.3 Å². The van der Waals surface area contributed by atoms with Gasteiger partial charge in [0.25, 0.3) is 5.56 Å². The third kappa shape index (κ3) is 4.19. The molecule has 0 fully saturated rings. The molecule has 3 aromatic rings. The molecule has 2 aromatic carbocycles. The topological polar surface area (TPSA) is 55.2 Å². The van der Waals surface area contributed by atoms with E-state index in [-0.39, 0.29) is 17.9 Å². The van der Waals surface area contributed by atoms with Crippen LogP contribution in [0.15, 0.2) is 64.1 Å². The molecule has 1 heterocycles. The second-order valence-corrected chi connectivity index (χ2v) is 6.96. The highest BCUT2D eigenvalue weighted by atomic mass is 79.9. The smallest absolute Gasteiger partial charge is 0.261 e. The van der Waals surface area contributed by atoms with Gasteiger partial charge in [-0.2, -0.15) is 0 Å². The lowest BCUT2D eigenvalue weighted by molar-refractivity contribution is -0.131. The molecule has 3 rings (SSSR count). The van der Waals surface area contributed by atoms with Crippen LogP contribution in [0.5, 0.6) is 0 Å². The van der Waals surface area contributed by atoms with Crippen molar-refractivity contribution >= 4 is 32.7 Å². The Morgan fingerprint density at radius 1 is 1.19 bits per heavy atom. The number of nitrogens with zero attached hydrogens (tertiary/aromatic N) is 3. The van der Waals surface area contributed by atoms with Crippen molar-refractivity contribution in [3.05, 3.63) is 75.2 Å². The fraction of sp³-hybridized carbons (Fsp3) is 0.250. The summed E-state index contributed by atoms with van der Waals surface area (Å²) in [4.78, 5) is 31.3. The van der Waals surface area contributed by atoms with Crippen molar-refractivity contribution in [1.82, 2.24) is 14.5 Å². The highest BCUT2D eigenvalue weighted by Gasteiger charge is 2.13. The maximum absolute atomic E-state index is 12.6. The van der Waals surface area contributed by atoms with Crippen LogP contribution >= 0.6 is 15.9 Å². The second kappa shape index (κ2) is 8.27. The van der Waals surface area contributed by atoms with Crippen molar-refractivity contribution in [3.63, 3.8) is 0 Å². The fourth-order valence-electron chi connectivity index (χ4n) is 2.84. The van der Waals surface area contributed by atoms with E-state index in [2.05, 4.69) is 20.9 Å². The monoisotopic (exact) mass is 413 g/mol. The summed E-state index contributed by atoms with van der Waals surface area (Å²) in [6, 6.07) is 15.3. The predicted octanol–water partition coefficient (Wildman–Crippen LogP) is 3.60.